The lowest BCUT2D eigenvalue weighted by molar-refractivity contribution is -0.00999. The number of aliphatic hydroxyl groups is 1. The Labute approximate surface area is 118 Å². The van der Waals surface area contributed by atoms with Crippen LogP contribution in [0.2, 0.25) is 0 Å². The molecular formula is C18H28O. The Hall–Kier alpha value is -0.820. The van der Waals surface area contributed by atoms with Crippen molar-refractivity contribution < 1.29 is 5.11 Å². The summed E-state index contributed by atoms with van der Waals surface area (Å²) >= 11 is 0. The number of hydrogen-bond donors (Lipinski definition) is 1. The topological polar surface area (TPSA) is 20.2 Å². The van der Waals surface area contributed by atoms with Gasteiger partial charge in [0, 0.05) is 6.42 Å². The Balaban J connectivity index is 2.00. The van der Waals surface area contributed by atoms with Gasteiger partial charge < -0.3 is 5.11 Å². The van der Waals surface area contributed by atoms with E-state index in [1.165, 1.54) is 42.4 Å². The second-order valence-corrected chi connectivity index (χ2v) is 6.56. The molecule has 0 radical (unpaired) electrons. The van der Waals surface area contributed by atoms with Crippen molar-refractivity contribution in [2.45, 2.75) is 71.3 Å². The van der Waals surface area contributed by atoms with Crippen LogP contribution in [0.15, 0.2) is 18.2 Å². The Morgan fingerprint density at radius 2 is 1.89 bits per heavy atom. The SMILES string of the molecule is CCCC1CCC(O)(Cc2cc(C)ccc2C)CC1. The summed E-state index contributed by atoms with van der Waals surface area (Å²) in [6.45, 7) is 6.54. The van der Waals surface area contributed by atoms with Crippen molar-refractivity contribution in [3.8, 4) is 0 Å². The zero-order chi connectivity index (χ0) is 13.9. The van der Waals surface area contributed by atoms with Crippen molar-refractivity contribution in [2.24, 2.45) is 5.92 Å². The summed E-state index contributed by atoms with van der Waals surface area (Å²) in [6, 6.07) is 6.57. The standard InChI is InChI=1S/C18H28O/c1-4-5-16-8-10-18(19,11-9-16)13-17-12-14(2)6-7-15(17)3/h6-7,12,16,19H,4-5,8-11,13H2,1-3H3. The maximum atomic E-state index is 10.8. The van der Waals surface area contributed by atoms with Gasteiger partial charge in [-0.25, -0.2) is 0 Å². The molecular weight excluding hydrogens is 232 g/mol. The lowest BCUT2D eigenvalue weighted by Crippen LogP contribution is -2.36. The average molecular weight is 260 g/mol. The predicted molar refractivity (Wildman–Crippen MR) is 81.4 cm³/mol. The molecule has 0 heterocycles. The molecule has 1 aromatic rings. The monoisotopic (exact) mass is 260 g/mol. The van der Waals surface area contributed by atoms with Gasteiger partial charge in [-0.2, -0.15) is 0 Å². The van der Waals surface area contributed by atoms with Crippen LogP contribution in [0.1, 0.15) is 62.1 Å². The van der Waals surface area contributed by atoms with Crippen LogP contribution >= 0.6 is 0 Å². The summed E-state index contributed by atoms with van der Waals surface area (Å²) in [4.78, 5) is 0. The zero-order valence-corrected chi connectivity index (χ0v) is 12.7. The fourth-order valence-corrected chi connectivity index (χ4v) is 3.43. The molecule has 19 heavy (non-hydrogen) atoms. The van der Waals surface area contributed by atoms with Crippen molar-refractivity contribution in [1.29, 1.82) is 0 Å². The lowest BCUT2D eigenvalue weighted by atomic mass is 9.74. The minimum absolute atomic E-state index is 0.456. The third-order valence-electron chi connectivity index (χ3n) is 4.76. The first-order chi connectivity index (χ1) is 9.02. The van der Waals surface area contributed by atoms with Crippen LogP contribution in [0.3, 0.4) is 0 Å². The van der Waals surface area contributed by atoms with E-state index < -0.39 is 5.60 Å². The van der Waals surface area contributed by atoms with Gasteiger partial charge in [0.2, 0.25) is 0 Å². The third kappa shape index (κ3) is 3.82. The molecule has 0 unspecified atom stereocenters. The van der Waals surface area contributed by atoms with Gasteiger partial charge >= 0.3 is 0 Å². The van der Waals surface area contributed by atoms with E-state index in [2.05, 4.69) is 39.0 Å². The van der Waals surface area contributed by atoms with Gasteiger partial charge in [-0.1, -0.05) is 43.5 Å². The minimum Gasteiger partial charge on any atom is -0.390 e. The normalized spacial score (nSPS) is 27.5. The van der Waals surface area contributed by atoms with Crippen molar-refractivity contribution in [3.63, 3.8) is 0 Å². The summed E-state index contributed by atoms with van der Waals surface area (Å²) in [5, 5.41) is 10.8. The van der Waals surface area contributed by atoms with E-state index in [4.69, 9.17) is 0 Å². The summed E-state index contributed by atoms with van der Waals surface area (Å²) < 4.78 is 0. The number of aryl methyl sites for hydroxylation is 2. The molecule has 2 rings (SSSR count). The van der Waals surface area contributed by atoms with Gasteiger partial charge in [0.05, 0.1) is 5.60 Å². The Morgan fingerprint density at radius 3 is 2.53 bits per heavy atom. The predicted octanol–water partition coefficient (Wildman–Crippen LogP) is 4.57. The number of rotatable bonds is 4. The molecule has 106 valence electrons. The highest BCUT2D eigenvalue weighted by Gasteiger charge is 2.33. The van der Waals surface area contributed by atoms with Crippen LogP contribution in [-0.2, 0) is 6.42 Å². The first kappa shape index (κ1) is 14.6. The van der Waals surface area contributed by atoms with E-state index >= 15 is 0 Å². The van der Waals surface area contributed by atoms with Crippen molar-refractivity contribution in [2.75, 3.05) is 0 Å². The van der Waals surface area contributed by atoms with Crippen molar-refractivity contribution in [1.82, 2.24) is 0 Å². The van der Waals surface area contributed by atoms with Crippen LogP contribution < -0.4 is 0 Å². The molecule has 0 saturated heterocycles. The smallest absolute Gasteiger partial charge is 0.0688 e. The van der Waals surface area contributed by atoms with E-state index in [1.54, 1.807) is 0 Å². The number of benzene rings is 1. The van der Waals surface area contributed by atoms with Gasteiger partial charge in [0.15, 0.2) is 0 Å². The molecule has 1 aromatic carbocycles. The molecule has 0 aromatic heterocycles. The van der Waals surface area contributed by atoms with Gasteiger partial charge in [0.25, 0.3) is 0 Å². The van der Waals surface area contributed by atoms with Gasteiger partial charge in [-0.15, -0.1) is 0 Å². The Bertz CT molecular complexity index is 414. The lowest BCUT2D eigenvalue weighted by Gasteiger charge is -2.36. The fourth-order valence-electron chi connectivity index (χ4n) is 3.43. The van der Waals surface area contributed by atoms with E-state index in [9.17, 15) is 5.11 Å². The van der Waals surface area contributed by atoms with Crippen LogP contribution in [0, 0.1) is 19.8 Å². The van der Waals surface area contributed by atoms with E-state index in [0.717, 1.165) is 25.2 Å². The van der Waals surface area contributed by atoms with Crippen LogP contribution in [-0.4, -0.2) is 10.7 Å². The minimum atomic E-state index is -0.456. The summed E-state index contributed by atoms with van der Waals surface area (Å²) in [6.07, 6.45) is 7.81. The van der Waals surface area contributed by atoms with Gasteiger partial charge in [-0.3, -0.25) is 0 Å². The molecule has 1 aliphatic carbocycles. The largest absolute Gasteiger partial charge is 0.390 e. The van der Waals surface area contributed by atoms with Crippen molar-refractivity contribution >= 4 is 0 Å². The molecule has 1 N–H and O–H groups in total. The molecule has 0 amide bonds. The highest BCUT2D eigenvalue weighted by Crippen LogP contribution is 2.36. The van der Waals surface area contributed by atoms with E-state index in [1.807, 2.05) is 0 Å². The zero-order valence-electron chi connectivity index (χ0n) is 12.7. The summed E-state index contributed by atoms with van der Waals surface area (Å²) in [7, 11) is 0. The van der Waals surface area contributed by atoms with E-state index in [-0.39, 0.29) is 0 Å². The molecule has 0 bridgehead atoms. The first-order valence-electron chi connectivity index (χ1n) is 7.81. The third-order valence-corrected chi connectivity index (χ3v) is 4.76. The Kier molecular flexibility index (Phi) is 4.67. The highest BCUT2D eigenvalue weighted by molar-refractivity contribution is 5.31. The van der Waals surface area contributed by atoms with Gasteiger partial charge in [-0.05, 0) is 56.6 Å². The maximum absolute atomic E-state index is 10.8. The van der Waals surface area contributed by atoms with Crippen LogP contribution in [0.4, 0.5) is 0 Å². The molecule has 1 nitrogen and oxygen atoms in total. The molecule has 1 saturated carbocycles. The summed E-state index contributed by atoms with van der Waals surface area (Å²) in [5.41, 5.74) is 3.48. The second kappa shape index (κ2) is 6.09. The molecule has 1 aliphatic rings. The quantitative estimate of drug-likeness (QED) is 0.841. The molecule has 1 fully saturated rings. The molecule has 1 heteroatoms. The second-order valence-electron chi connectivity index (χ2n) is 6.56. The Morgan fingerprint density at radius 1 is 1.21 bits per heavy atom. The van der Waals surface area contributed by atoms with Crippen molar-refractivity contribution in [3.05, 3.63) is 34.9 Å². The first-order valence-corrected chi connectivity index (χ1v) is 7.81. The number of hydrogen-bond acceptors (Lipinski definition) is 1. The van der Waals surface area contributed by atoms with Crippen LogP contribution in [0.25, 0.3) is 0 Å². The molecule has 0 spiro atoms. The fraction of sp³-hybridized carbons (Fsp3) is 0.667. The average Bonchev–Trinajstić information content (AvgIpc) is 2.37. The molecule has 0 atom stereocenters. The van der Waals surface area contributed by atoms with Crippen LogP contribution in [0.5, 0.6) is 0 Å². The maximum Gasteiger partial charge on any atom is 0.0688 e. The highest BCUT2D eigenvalue weighted by atomic mass is 16.3. The molecule has 0 aliphatic heterocycles. The summed E-state index contributed by atoms with van der Waals surface area (Å²) in [5.74, 6) is 0.851. The van der Waals surface area contributed by atoms with E-state index in [0.29, 0.717) is 0 Å². The van der Waals surface area contributed by atoms with Gasteiger partial charge in [0.1, 0.15) is 0 Å².